The molecule has 32 heavy (non-hydrogen) atoms. The minimum Gasteiger partial charge on any atom is -0.236 e. The molecule has 0 atom stereocenters. The molecule has 6 heteroatoms. The number of benzene rings is 2. The SMILES string of the molecule is CS(=O)(=O)c1cccc(-c2cnn3cc(-c4ccc(CC5CCCCC5)cc4)cnc23)c1. The zero-order chi connectivity index (χ0) is 22.1. The molecule has 0 amide bonds. The summed E-state index contributed by atoms with van der Waals surface area (Å²) in [5, 5.41) is 4.47. The van der Waals surface area contributed by atoms with Crippen molar-refractivity contribution in [2.75, 3.05) is 6.26 Å². The fourth-order valence-corrected chi connectivity index (χ4v) is 5.35. The summed E-state index contributed by atoms with van der Waals surface area (Å²) in [5.41, 5.74) is 5.82. The summed E-state index contributed by atoms with van der Waals surface area (Å²) in [5.74, 6) is 0.830. The molecule has 4 aromatic rings. The van der Waals surface area contributed by atoms with Gasteiger partial charge >= 0.3 is 0 Å². The quantitative estimate of drug-likeness (QED) is 0.402. The molecular formula is C26H27N3O2S. The van der Waals surface area contributed by atoms with Crippen molar-refractivity contribution in [1.29, 1.82) is 0 Å². The van der Waals surface area contributed by atoms with E-state index in [1.54, 1.807) is 28.9 Å². The number of hydrogen-bond donors (Lipinski definition) is 0. The van der Waals surface area contributed by atoms with E-state index in [9.17, 15) is 8.42 Å². The maximum atomic E-state index is 11.9. The van der Waals surface area contributed by atoms with Crippen LogP contribution in [0.2, 0.25) is 0 Å². The van der Waals surface area contributed by atoms with Crippen molar-refractivity contribution in [3.05, 3.63) is 72.7 Å². The first-order chi connectivity index (χ1) is 15.5. The summed E-state index contributed by atoms with van der Waals surface area (Å²) in [7, 11) is -3.27. The Bertz CT molecular complexity index is 1350. The highest BCUT2D eigenvalue weighted by Crippen LogP contribution is 2.29. The number of rotatable bonds is 5. The van der Waals surface area contributed by atoms with E-state index in [0.717, 1.165) is 28.2 Å². The van der Waals surface area contributed by atoms with Crippen LogP contribution in [-0.4, -0.2) is 29.3 Å². The Morgan fingerprint density at radius 3 is 2.47 bits per heavy atom. The van der Waals surface area contributed by atoms with Crippen molar-refractivity contribution >= 4 is 15.5 Å². The summed E-state index contributed by atoms with van der Waals surface area (Å²) in [6.07, 6.45) is 14.8. The average Bonchev–Trinajstić information content (AvgIpc) is 3.23. The minimum atomic E-state index is -3.27. The van der Waals surface area contributed by atoms with Gasteiger partial charge in [0.1, 0.15) is 0 Å². The summed E-state index contributed by atoms with van der Waals surface area (Å²) < 4.78 is 25.6. The number of sulfone groups is 1. The second kappa shape index (κ2) is 8.51. The van der Waals surface area contributed by atoms with Crippen LogP contribution in [0.4, 0.5) is 0 Å². The lowest BCUT2D eigenvalue weighted by Gasteiger charge is -2.21. The minimum absolute atomic E-state index is 0.291. The highest BCUT2D eigenvalue weighted by atomic mass is 32.2. The molecule has 0 N–H and O–H groups in total. The van der Waals surface area contributed by atoms with Gasteiger partial charge in [-0.05, 0) is 41.2 Å². The number of hydrogen-bond acceptors (Lipinski definition) is 4. The standard InChI is InChI=1S/C26H27N3O2S/c1-32(30,31)24-9-5-8-22(15-24)25-17-28-29-18-23(16-27-26(25)29)21-12-10-20(11-13-21)14-19-6-3-2-4-7-19/h5,8-13,15-19H,2-4,6-7,14H2,1H3. The van der Waals surface area contributed by atoms with E-state index in [4.69, 9.17) is 0 Å². The second-order valence-corrected chi connectivity index (χ2v) is 10.9. The van der Waals surface area contributed by atoms with Crippen molar-refractivity contribution in [2.24, 2.45) is 5.92 Å². The van der Waals surface area contributed by atoms with Crippen LogP contribution in [-0.2, 0) is 16.3 Å². The summed E-state index contributed by atoms with van der Waals surface area (Å²) in [6, 6.07) is 15.7. The molecule has 0 unspecified atom stereocenters. The molecule has 0 saturated heterocycles. The van der Waals surface area contributed by atoms with Crippen molar-refractivity contribution in [1.82, 2.24) is 14.6 Å². The van der Waals surface area contributed by atoms with Crippen molar-refractivity contribution < 1.29 is 8.42 Å². The van der Waals surface area contributed by atoms with Gasteiger partial charge in [-0.15, -0.1) is 0 Å². The maximum Gasteiger partial charge on any atom is 0.175 e. The van der Waals surface area contributed by atoms with E-state index in [0.29, 0.717) is 10.5 Å². The fourth-order valence-electron chi connectivity index (χ4n) is 4.68. The van der Waals surface area contributed by atoms with Crippen LogP contribution in [0.1, 0.15) is 37.7 Å². The van der Waals surface area contributed by atoms with Gasteiger partial charge in [-0.25, -0.2) is 17.9 Å². The van der Waals surface area contributed by atoms with Crippen molar-refractivity contribution in [3.63, 3.8) is 0 Å². The van der Waals surface area contributed by atoms with Gasteiger partial charge in [-0.1, -0.05) is 68.5 Å². The number of fused-ring (bicyclic) bond motifs is 1. The van der Waals surface area contributed by atoms with Gasteiger partial charge in [0.05, 0.1) is 11.1 Å². The smallest absolute Gasteiger partial charge is 0.175 e. The summed E-state index contributed by atoms with van der Waals surface area (Å²) in [6.45, 7) is 0. The van der Waals surface area contributed by atoms with Crippen LogP contribution >= 0.6 is 0 Å². The monoisotopic (exact) mass is 445 g/mol. The third-order valence-corrected chi connectivity index (χ3v) is 7.58. The first-order valence-electron chi connectivity index (χ1n) is 11.2. The zero-order valence-corrected chi connectivity index (χ0v) is 19.1. The maximum absolute atomic E-state index is 11.9. The molecule has 5 rings (SSSR count). The predicted molar refractivity (Wildman–Crippen MR) is 127 cm³/mol. The Labute approximate surface area is 189 Å². The highest BCUT2D eigenvalue weighted by Gasteiger charge is 2.15. The number of aromatic nitrogens is 3. The van der Waals surface area contributed by atoms with Gasteiger partial charge in [-0.3, -0.25) is 0 Å². The van der Waals surface area contributed by atoms with Gasteiger partial charge in [0.25, 0.3) is 0 Å². The Hall–Kier alpha value is -2.99. The van der Waals surface area contributed by atoms with Crippen LogP contribution in [0.15, 0.2) is 72.0 Å². The molecular weight excluding hydrogens is 418 g/mol. The topological polar surface area (TPSA) is 64.3 Å². The van der Waals surface area contributed by atoms with E-state index in [1.165, 1.54) is 50.3 Å². The number of nitrogens with zero attached hydrogens (tertiary/aromatic N) is 3. The van der Waals surface area contributed by atoms with Crippen molar-refractivity contribution in [2.45, 2.75) is 43.4 Å². The van der Waals surface area contributed by atoms with Gasteiger partial charge in [0.15, 0.2) is 15.5 Å². The van der Waals surface area contributed by atoms with Crippen LogP contribution in [0, 0.1) is 5.92 Å². The lowest BCUT2D eigenvalue weighted by Crippen LogP contribution is -2.09. The Morgan fingerprint density at radius 2 is 1.72 bits per heavy atom. The van der Waals surface area contributed by atoms with Crippen molar-refractivity contribution in [3.8, 4) is 22.3 Å². The first-order valence-corrected chi connectivity index (χ1v) is 13.1. The van der Waals surface area contributed by atoms with Crippen LogP contribution in [0.3, 0.4) is 0 Å². The second-order valence-electron chi connectivity index (χ2n) is 8.87. The van der Waals surface area contributed by atoms with E-state index in [2.05, 4.69) is 34.3 Å². The summed E-state index contributed by atoms with van der Waals surface area (Å²) in [4.78, 5) is 4.94. The molecule has 0 spiro atoms. The summed E-state index contributed by atoms with van der Waals surface area (Å²) >= 11 is 0. The van der Waals surface area contributed by atoms with Gasteiger partial charge in [0.2, 0.25) is 0 Å². The lowest BCUT2D eigenvalue weighted by atomic mass is 9.85. The lowest BCUT2D eigenvalue weighted by molar-refractivity contribution is 0.356. The third kappa shape index (κ3) is 4.32. The zero-order valence-electron chi connectivity index (χ0n) is 18.2. The Kier molecular flexibility index (Phi) is 5.55. The molecule has 0 radical (unpaired) electrons. The third-order valence-electron chi connectivity index (χ3n) is 6.47. The van der Waals surface area contributed by atoms with E-state index >= 15 is 0 Å². The first kappa shape index (κ1) is 20.9. The molecule has 2 aromatic heterocycles. The average molecular weight is 446 g/mol. The van der Waals surface area contributed by atoms with Gasteiger partial charge in [0, 0.05) is 29.8 Å². The van der Waals surface area contributed by atoms with Crippen LogP contribution in [0.25, 0.3) is 27.9 Å². The molecule has 1 aliphatic carbocycles. The molecule has 1 aliphatic rings. The molecule has 2 aromatic carbocycles. The normalized spacial score (nSPS) is 15.3. The van der Waals surface area contributed by atoms with Gasteiger partial charge < -0.3 is 0 Å². The Morgan fingerprint density at radius 1 is 0.938 bits per heavy atom. The van der Waals surface area contributed by atoms with Crippen LogP contribution < -0.4 is 0 Å². The Balaban J connectivity index is 1.40. The molecule has 1 saturated carbocycles. The van der Waals surface area contributed by atoms with Crippen LogP contribution in [0.5, 0.6) is 0 Å². The van der Waals surface area contributed by atoms with E-state index in [1.807, 2.05) is 18.5 Å². The van der Waals surface area contributed by atoms with E-state index in [-0.39, 0.29) is 0 Å². The predicted octanol–water partition coefficient (Wildman–Crippen LogP) is 5.59. The highest BCUT2D eigenvalue weighted by molar-refractivity contribution is 7.90. The molecule has 1 fully saturated rings. The molecule has 0 bridgehead atoms. The largest absolute Gasteiger partial charge is 0.236 e. The molecule has 164 valence electrons. The molecule has 0 aliphatic heterocycles. The van der Waals surface area contributed by atoms with E-state index < -0.39 is 9.84 Å². The fraction of sp³-hybridized carbons (Fsp3) is 0.308. The van der Waals surface area contributed by atoms with Gasteiger partial charge in [-0.2, -0.15) is 5.10 Å². The molecule has 5 nitrogen and oxygen atoms in total. The molecule has 2 heterocycles.